The van der Waals surface area contributed by atoms with Gasteiger partial charge in [0.2, 0.25) is 0 Å². The Bertz CT molecular complexity index is 218. The van der Waals surface area contributed by atoms with E-state index in [0.29, 0.717) is 11.8 Å². The minimum Gasteiger partial charge on any atom is -0.393 e. The van der Waals surface area contributed by atoms with Crippen LogP contribution in [0.3, 0.4) is 0 Å². The minimum atomic E-state index is 0.00718. The molecule has 2 aliphatic rings. The second kappa shape index (κ2) is 6.22. The fourth-order valence-electron chi connectivity index (χ4n) is 4.17. The minimum absolute atomic E-state index is 0.00718. The van der Waals surface area contributed by atoms with Gasteiger partial charge in [-0.2, -0.15) is 0 Å². The van der Waals surface area contributed by atoms with Crippen molar-refractivity contribution in [1.82, 2.24) is 0 Å². The van der Waals surface area contributed by atoms with Crippen molar-refractivity contribution in [2.24, 2.45) is 23.7 Å². The van der Waals surface area contributed by atoms with Gasteiger partial charge in [0.25, 0.3) is 0 Å². The molecule has 2 fully saturated rings. The zero-order chi connectivity index (χ0) is 12.3. The van der Waals surface area contributed by atoms with Gasteiger partial charge >= 0.3 is 0 Å². The number of rotatable bonds is 3. The van der Waals surface area contributed by atoms with Crippen molar-refractivity contribution in [1.29, 1.82) is 0 Å². The van der Waals surface area contributed by atoms with Crippen molar-refractivity contribution in [3.05, 3.63) is 0 Å². The summed E-state index contributed by atoms with van der Waals surface area (Å²) in [5, 5.41) is 10.7. The molecular formula is C16H30O. The quantitative estimate of drug-likeness (QED) is 0.773. The Kier molecular flexibility index (Phi) is 4.90. The van der Waals surface area contributed by atoms with Crippen molar-refractivity contribution in [3.63, 3.8) is 0 Å². The lowest BCUT2D eigenvalue weighted by Crippen LogP contribution is -2.37. The maximum atomic E-state index is 10.7. The molecule has 17 heavy (non-hydrogen) atoms. The standard InChI is InChI=1S/C16H30O/c1-3-13-6-4-5-7-15(13)16(17)14-10-8-12(2)9-11-14/h12-17H,3-11H2,1-2H3. The molecule has 1 heteroatoms. The van der Waals surface area contributed by atoms with Gasteiger partial charge in [-0.15, -0.1) is 0 Å². The summed E-state index contributed by atoms with van der Waals surface area (Å²) in [6.07, 6.45) is 11.9. The maximum Gasteiger partial charge on any atom is 0.0599 e. The SMILES string of the molecule is CCC1CCCCC1C(O)C1CCC(C)CC1. The zero-order valence-corrected chi connectivity index (χ0v) is 11.7. The number of aliphatic hydroxyl groups excluding tert-OH is 1. The van der Waals surface area contributed by atoms with Crippen molar-refractivity contribution in [2.45, 2.75) is 77.7 Å². The molecule has 0 heterocycles. The molecule has 2 aliphatic carbocycles. The fraction of sp³-hybridized carbons (Fsp3) is 1.00. The van der Waals surface area contributed by atoms with E-state index in [1.54, 1.807) is 0 Å². The Morgan fingerprint density at radius 2 is 1.65 bits per heavy atom. The average Bonchev–Trinajstić information content (AvgIpc) is 2.39. The summed E-state index contributed by atoms with van der Waals surface area (Å²) in [6, 6.07) is 0. The Morgan fingerprint density at radius 3 is 2.29 bits per heavy atom. The van der Waals surface area contributed by atoms with Gasteiger partial charge in [-0.05, 0) is 42.9 Å². The van der Waals surface area contributed by atoms with Crippen LogP contribution < -0.4 is 0 Å². The van der Waals surface area contributed by atoms with Gasteiger partial charge in [-0.25, -0.2) is 0 Å². The molecule has 0 amide bonds. The molecule has 3 atom stereocenters. The molecule has 0 aromatic heterocycles. The molecule has 0 aromatic rings. The van der Waals surface area contributed by atoms with Gasteiger partial charge in [0.15, 0.2) is 0 Å². The summed E-state index contributed by atoms with van der Waals surface area (Å²) >= 11 is 0. The maximum absolute atomic E-state index is 10.7. The Morgan fingerprint density at radius 1 is 1.00 bits per heavy atom. The van der Waals surface area contributed by atoms with Crippen molar-refractivity contribution >= 4 is 0 Å². The zero-order valence-electron chi connectivity index (χ0n) is 11.7. The van der Waals surface area contributed by atoms with E-state index < -0.39 is 0 Å². The van der Waals surface area contributed by atoms with E-state index in [4.69, 9.17) is 0 Å². The van der Waals surface area contributed by atoms with Crippen LogP contribution >= 0.6 is 0 Å². The largest absolute Gasteiger partial charge is 0.393 e. The summed E-state index contributed by atoms with van der Waals surface area (Å²) in [5.74, 6) is 2.93. The van der Waals surface area contributed by atoms with Crippen molar-refractivity contribution < 1.29 is 5.11 Å². The second-order valence-corrected chi connectivity index (χ2v) is 6.63. The van der Waals surface area contributed by atoms with E-state index in [1.807, 2.05) is 0 Å². The molecule has 0 aromatic carbocycles. The first-order valence-electron chi connectivity index (χ1n) is 7.90. The molecular weight excluding hydrogens is 208 g/mol. The molecule has 2 saturated carbocycles. The van der Waals surface area contributed by atoms with Crippen LogP contribution in [-0.4, -0.2) is 11.2 Å². The van der Waals surface area contributed by atoms with Gasteiger partial charge in [0.1, 0.15) is 0 Å². The van der Waals surface area contributed by atoms with E-state index in [9.17, 15) is 5.11 Å². The molecule has 1 N–H and O–H groups in total. The topological polar surface area (TPSA) is 20.2 Å². The third-order valence-electron chi connectivity index (χ3n) is 5.47. The van der Waals surface area contributed by atoms with Crippen molar-refractivity contribution in [2.75, 3.05) is 0 Å². The normalized spacial score (nSPS) is 41.1. The van der Waals surface area contributed by atoms with Crippen LogP contribution in [0.4, 0.5) is 0 Å². The number of aliphatic hydroxyl groups is 1. The highest BCUT2D eigenvalue weighted by Gasteiger charge is 2.35. The smallest absolute Gasteiger partial charge is 0.0599 e. The lowest BCUT2D eigenvalue weighted by atomic mass is 9.69. The molecule has 0 spiro atoms. The van der Waals surface area contributed by atoms with Crippen molar-refractivity contribution in [3.8, 4) is 0 Å². The lowest BCUT2D eigenvalue weighted by Gasteiger charge is -2.40. The molecule has 0 bridgehead atoms. The van der Waals surface area contributed by atoms with E-state index in [1.165, 1.54) is 57.8 Å². The first-order chi connectivity index (χ1) is 8.22. The van der Waals surface area contributed by atoms with Crippen LogP contribution in [-0.2, 0) is 0 Å². The molecule has 0 saturated heterocycles. The first-order valence-corrected chi connectivity index (χ1v) is 7.90. The summed E-state index contributed by atoms with van der Waals surface area (Å²) in [4.78, 5) is 0. The van der Waals surface area contributed by atoms with Crippen LogP contribution in [0.5, 0.6) is 0 Å². The third kappa shape index (κ3) is 3.24. The molecule has 1 nitrogen and oxygen atoms in total. The van der Waals surface area contributed by atoms with Gasteiger partial charge in [0, 0.05) is 0 Å². The van der Waals surface area contributed by atoms with E-state index in [0.717, 1.165) is 11.8 Å². The summed E-state index contributed by atoms with van der Waals surface area (Å²) in [5.41, 5.74) is 0. The highest BCUT2D eigenvalue weighted by molar-refractivity contribution is 4.86. The molecule has 100 valence electrons. The van der Waals surface area contributed by atoms with E-state index in [-0.39, 0.29) is 6.10 Å². The van der Waals surface area contributed by atoms with Crippen LogP contribution in [0.2, 0.25) is 0 Å². The molecule has 0 radical (unpaired) electrons. The number of hydrogen-bond acceptors (Lipinski definition) is 1. The lowest BCUT2D eigenvalue weighted by molar-refractivity contribution is -0.0122. The number of hydrogen-bond donors (Lipinski definition) is 1. The molecule has 0 aliphatic heterocycles. The predicted octanol–water partition coefficient (Wildman–Crippen LogP) is 4.39. The monoisotopic (exact) mass is 238 g/mol. The van der Waals surface area contributed by atoms with Crippen LogP contribution in [0.25, 0.3) is 0 Å². The molecule has 3 unspecified atom stereocenters. The Balaban J connectivity index is 1.90. The Labute approximate surface area is 107 Å². The third-order valence-corrected chi connectivity index (χ3v) is 5.47. The summed E-state index contributed by atoms with van der Waals surface area (Å²) < 4.78 is 0. The fourth-order valence-corrected chi connectivity index (χ4v) is 4.17. The second-order valence-electron chi connectivity index (χ2n) is 6.63. The van der Waals surface area contributed by atoms with E-state index >= 15 is 0 Å². The predicted molar refractivity (Wildman–Crippen MR) is 72.9 cm³/mol. The van der Waals surface area contributed by atoms with Crippen LogP contribution in [0, 0.1) is 23.7 Å². The summed E-state index contributed by atoms with van der Waals surface area (Å²) in [6.45, 7) is 4.66. The van der Waals surface area contributed by atoms with E-state index in [2.05, 4.69) is 13.8 Å². The van der Waals surface area contributed by atoms with Gasteiger partial charge in [-0.3, -0.25) is 0 Å². The average molecular weight is 238 g/mol. The highest BCUT2D eigenvalue weighted by Crippen LogP contribution is 2.40. The summed E-state index contributed by atoms with van der Waals surface area (Å²) in [7, 11) is 0. The van der Waals surface area contributed by atoms with Gasteiger partial charge in [0.05, 0.1) is 6.10 Å². The highest BCUT2D eigenvalue weighted by atomic mass is 16.3. The Hall–Kier alpha value is -0.0400. The van der Waals surface area contributed by atoms with Gasteiger partial charge < -0.3 is 5.11 Å². The van der Waals surface area contributed by atoms with Crippen LogP contribution in [0.1, 0.15) is 71.6 Å². The van der Waals surface area contributed by atoms with Gasteiger partial charge in [-0.1, -0.05) is 52.4 Å². The molecule has 2 rings (SSSR count). The van der Waals surface area contributed by atoms with Crippen LogP contribution in [0.15, 0.2) is 0 Å². The first kappa shape index (κ1) is 13.4.